The molecule has 168 valence electrons. The molecule has 29 heavy (non-hydrogen) atoms. The number of furan rings is 1. The van der Waals surface area contributed by atoms with E-state index in [0.717, 1.165) is 63.4 Å². The second-order valence-corrected chi connectivity index (χ2v) is 7.92. The van der Waals surface area contributed by atoms with Crippen LogP contribution in [0.5, 0.6) is 0 Å². The first kappa shape index (κ1) is 26.2. The summed E-state index contributed by atoms with van der Waals surface area (Å²) in [5.41, 5.74) is 0. The molecule has 1 aliphatic heterocycles. The first-order valence-corrected chi connectivity index (χ1v) is 10.5. The standard InChI is InChI=1S/C21H39N5O2.HI/c1-16(2)26(17(3)4)10-9-23-21(22-6)24-15-19(20-8-7-18(5)28-20)25-11-13-27-14-12-25;/h7-8,16-17,19H,9-15H2,1-6H3,(H2,22,23,24);1H. The van der Waals surface area contributed by atoms with Crippen LogP contribution in [0.4, 0.5) is 0 Å². The SMILES string of the molecule is CN=C(NCCN(C(C)C)C(C)C)NCC(c1ccc(C)o1)N1CCOCC1.I. The van der Waals surface area contributed by atoms with Crippen LogP contribution in [0.15, 0.2) is 21.5 Å². The number of guanidine groups is 1. The van der Waals surface area contributed by atoms with Gasteiger partial charge in [-0.2, -0.15) is 0 Å². The van der Waals surface area contributed by atoms with Crippen molar-refractivity contribution < 1.29 is 9.15 Å². The molecule has 7 nitrogen and oxygen atoms in total. The molecule has 8 heteroatoms. The Morgan fingerprint density at radius 2 is 1.79 bits per heavy atom. The summed E-state index contributed by atoms with van der Waals surface area (Å²) in [4.78, 5) is 9.29. The van der Waals surface area contributed by atoms with Crippen LogP contribution in [0.25, 0.3) is 0 Å². The summed E-state index contributed by atoms with van der Waals surface area (Å²) in [7, 11) is 1.82. The molecule has 2 heterocycles. The van der Waals surface area contributed by atoms with Crippen LogP contribution in [0.3, 0.4) is 0 Å². The molecule has 0 aromatic carbocycles. The minimum absolute atomic E-state index is 0. The van der Waals surface area contributed by atoms with Crippen molar-refractivity contribution in [1.82, 2.24) is 20.4 Å². The number of ether oxygens (including phenoxy) is 1. The first-order chi connectivity index (χ1) is 13.4. The number of nitrogens with one attached hydrogen (secondary N) is 2. The van der Waals surface area contributed by atoms with Gasteiger partial charge in [0.15, 0.2) is 5.96 Å². The largest absolute Gasteiger partial charge is 0.465 e. The fourth-order valence-electron chi connectivity index (χ4n) is 3.76. The number of morpholine rings is 1. The van der Waals surface area contributed by atoms with Gasteiger partial charge in [0.2, 0.25) is 0 Å². The van der Waals surface area contributed by atoms with Crippen LogP contribution < -0.4 is 10.6 Å². The maximum Gasteiger partial charge on any atom is 0.191 e. The van der Waals surface area contributed by atoms with Crippen LogP contribution in [0.2, 0.25) is 0 Å². The lowest BCUT2D eigenvalue weighted by molar-refractivity contribution is 0.0124. The van der Waals surface area contributed by atoms with E-state index >= 15 is 0 Å². The third kappa shape index (κ3) is 8.43. The van der Waals surface area contributed by atoms with Crippen LogP contribution >= 0.6 is 24.0 Å². The number of halogens is 1. The molecular weight excluding hydrogens is 481 g/mol. The molecule has 1 atom stereocenters. The van der Waals surface area contributed by atoms with E-state index in [-0.39, 0.29) is 30.0 Å². The summed E-state index contributed by atoms with van der Waals surface area (Å²) in [6, 6.07) is 5.34. The Balaban J connectivity index is 0.00000420. The van der Waals surface area contributed by atoms with Gasteiger partial charge in [0.05, 0.1) is 19.3 Å². The molecule has 0 saturated carbocycles. The van der Waals surface area contributed by atoms with Gasteiger partial charge in [-0.1, -0.05) is 0 Å². The summed E-state index contributed by atoms with van der Waals surface area (Å²) in [6.45, 7) is 16.9. The molecule has 0 radical (unpaired) electrons. The Kier molecular flexibility index (Phi) is 12.2. The lowest BCUT2D eigenvalue weighted by Crippen LogP contribution is -2.48. The number of aliphatic imine (C=N–C) groups is 1. The highest BCUT2D eigenvalue weighted by Gasteiger charge is 2.25. The zero-order chi connectivity index (χ0) is 20.5. The third-order valence-corrected chi connectivity index (χ3v) is 5.25. The fraction of sp³-hybridized carbons (Fsp3) is 0.762. The molecule has 1 aromatic heterocycles. The van der Waals surface area contributed by atoms with Crippen LogP contribution in [-0.4, -0.2) is 80.8 Å². The van der Waals surface area contributed by atoms with E-state index in [1.54, 1.807) is 0 Å². The van der Waals surface area contributed by atoms with Gasteiger partial charge in [-0.3, -0.25) is 14.8 Å². The number of hydrogen-bond donors (Lipinski definition) is 2. The molecule has 1 aromatic rings. The van der Waals surface area contributed by atoms with E-state index in [2.05, 4.69) is 59.2 Å². The molecule has 1 saturated heterocycles. The Labute approximate surface area is 193 Å². The van der Waals surface area contributed by atoms with Gasteiger partial charge in [-0.25, -0.2) is 0 Å². The Bertz CT molecular complexity index is 592. The van der Waals surface area contributed by atoms with Crippen molar-refractivity contribution in [3.8, 4) is 0 Å². The average molecular weight is 521 g/mol. The number of nitrogens with zero attached hydrogens (tertiary/aromatic N) is 3. The zero-order valence-electron chi connectivity index (χ0n) is 18.9. The quantitative estimate of drug-likeness (QED) is 0.296. The van der Waals surface area contributed by atoms with E-state index < -0.39 is 0 Å². The van der Waals surface area contributed by atoms with Crippen LogP contribution in [0.1, 0.15) is 45.3 Å². The number of aryl methyl sites for hydroxylation is 1. The topological polar surface area (TPSA) is 65.3 Å². The van der Waals surface area contributed by atoms with E-state index in [1.807, 2.05) is 20.0 Å². The monoisotopic (exact) mass is 521 g/mol. The van der Waals surface area contributed by atoms with Gasteiger partial charge in [0.25, 0.3) is 0 Å². The van der Waals surface area contributed by atoms with Gasteiger partial charge in [0, 0.05) is 51.9 Å². The smallest absolute Gasteiger partial charge is 0.191 e. The second kappa shape index (κ2) is 13.5. The van der Waals surface area contributed by atoms with Crippen LogP contribution in [0, 0.1) is 6.92 Å². The summed E-state index contributed by atoms with van der Waals surface area (Å²) in [6.07, 6.45) is 0. The molecule has 2 rings (SSSR count). The van der Waals surface area contributed by atoms with E-state index in [0.29, 0.717) is 12.1 Å². The van der Waals surface area contributed by atoms with Crippen molar-refractivity contribution in [1.29, 1.82) is 0 Å². The summed E-state index contributed by atoms with van der Waals surface area (Å²) >= 11 is 0. The molecule has 1 fully saturated rings. The van der Waals surface area contributed by atoms with E-state index in [1.165, 1.54) is 0 Å². The molecule has 1 unspecified atom stereocenters. The summed E-state index contributed by atoms with van der Waals surface area (Å²) in [5.74, 6) is 2.76. The molecule has 0 spiro atoms. The summed E-state index contributed by atoms with van der Waals surface area (Å²) in [5, 5.41) is 6.93. The van der Waals surface area contributed by atoms with E-state index in [9.17, 15) is 0 Å². The molecule has 2 N–H and O–H groups in total. The lowest BCUT2D eigenvalue weighted by Gasteiger charge is -2.34. The van der Waals surface area contributed by atoms with Crippen molar-refractivity contribution >= 4 is 29.9 Å². The normalized spacial score (nSPS) is 16.9. The third-order valence-electron chi connectivity index (χ3n) is 5.25. The van der Waals surface area contributed by atoms with Gasteiger partial charge in [-0.15, -0.1) is 24.0 Å². The highest BCUT2D eigenvalue weighted by molar-refractivity contribution is 14.0. The maximum atomic E-state index is 5.94. The van der Waals surface area contributed by atoms with Crippen molar-refractivity contribution in [3.05, 3.63) is 23.7 Å². The van der Waals surface area contributed by atoms with Gasteiger partial charge in [0.1, 0.15) is 11.5 Å². The fourth-order valence-corrected chi connectivity index (χ4v) is 3.76. The molecule has 0 aliphatic carbocycles. The average Bonchev–Trinajstić information content (AvgIpc) is 3.09. The van der Waals surface area contributed by atoms with Crippen LogP contribution in [-0.2, 0) is 4.74 Å². The van der Waals surface area contributed by atoms with Crippen molar-refractivity contribution in [2.75, 3.05) is 53.0 Å². The van der Waals surface area contributed by atoms with Crippen molar-refractivity contribution in [2.45, 2.75) is 52.7 Å². The minimum atomic E-state index is 0. The number of rotatable bonds is 9. The molecule has 1 aliphatic rings. The predicted octanol–water partition coefficient (Wildman–Crippen LogP) is 2.86. The molecule has 0 bridgehead atoms. The first-order valence-electron chi connectivity index (χ1n) is 10.5. The van der Waals surface area contributed by atoms with Gasteiger partial charge >= 0.3 is 0 Å². The van der Waals surface area contributed by atoms with Crippen molar-refractivity contribution in [2.24, 2.45) is 4.99 Å². The Morgan fingerprint density at radius 1 is 1.14 bits per heavy atom. The summed E-state index contributed by atoms with van der Waals surface area (Å²) < 4.78 is 11.5. The molecule has 0 amide bonds. The highest BCUT2D eigenvalue weighted by Crippen LogP contribution is 2.23. The minimum Gasteiger partial charge on any atom is -0.465 e. The highest BCUT2D eigenvalue weighted by atomic mass is 127. The lowest BCUT2D eigenvalue weighted by atomic mass is 10.1. The predicted molar refractivity (Wildman–Crippen MR) is 130 cm³/mol. The maximum absolute atomic E-state index is 5.94. The second-order valence-electron chi connectivity index (χ2n) is 7.92. The zero-order valence-corrected chi connectivity index (χ0v) is 21.2. The van der Waals surface area contributed by atoms with Gasteiger partial charge in [-0.05, 0) is 46.8 Å². The Morgan fingerprint density at radius 3 is 2.31 bits per heavy atom. The van der Waals surface area contributed by atoms with E-state index in [4.69, 9.17) is 9.15 Å². The number of hydrogen-bond acceptors (Lipinski definition) is 5. The molecular formula is C21H40IN5O2. The van der Waals surface area contributed by atoms with Gasteiger partial charge < -0.3 is 19.8 Å². The Hall–Kier alpha value is -0.840. The van der Waals surface area contributed by atoms with Crippen molar-refractivity contribution in [3.63, 3.8) is 0 Å².